The van der Waals surface area contributed by atoms with Crippen molar-refractivity contribution in [3.8, 4) is 0 Å². The summed E-state index contributed by atoms with van der Waals surface area (Å²) < 4.78 is 39.0. The molecule has 48 valence electrons. The van der Waals surface area contributed by atoms with Crippen LogP contribution in [0.5, 0.6) is 0 Å². The highest BCUT2D eigenvalue weighted by Gasteiger charge is 2.20. The summed E-state index contributed by atoms with van der Waals surface area (Å²) in [4.78, 5) is 0. The minimum absolute atomic E-state index is 0. The van der Waals surface area contributed by atoms with Gasteiger partial charge in [-0.15, -0.1) is 0 Å². The maximum Gasteiger partial charge on any atom is 0.673 e. The van der Waals surface area contributed by atoms with Gasteiger partial charge in [0.05, 0.1) is 0 Å². The molecule has 0 aromatic rings. The lowest BCUT2D eigenvalue weighted by Gasteiger charge is -1.94. The number of rotatable bonds is 0. The third-order valence-electron chi connectivity index (χ3n) is 0. The van der Waals surface area contributed by atoms with Crippen molar-refractivity contribution in [2.45, 2.75) is 0 Å². The van der Waals surface area contributed by atoms with E-state index in [2.05, 4.69) is 0 Å². The Morgan fingerprint density at radius 2 is 0.857 bits per heavy atom. The molecular weight excluding hydrogens is 120 g/mol. The number of quaternary nitrogens is 1. The van der Waals surface area contributed by atoms with Crippen LogP contribution in [0.25, 0.3) is 0 Å². The van der Waals surface area contributed by atoms with Crippen LogP contribution in [0, 0.1) is 0 Å². The van der Waals surface area contributed by atoms with Gasteiger partial charge in [0.1, 0.15) is 0 Å². The lowest BCUT2D eigenvalue weighted by atomic mass is 10.3. The van der Waals surface area contributed by atoms with Crippen LogP contribution in [0.15, 0.2) is 0 Å². The highest BCUT2D eigenvalue weighted by atomic mass is 19.5. The number of hydrogen-bond acceptors (Lipinski definition) is 0. The SMILES string of the molecule is F.F[B-](F)(F)F.[NH4+]. The summed E-state index contributed by atoms with van der Waals surface area (Å²) in [6.45, 7) is 0. The number of hydrogen-bond donors (Lipinski definition) is 1. The Kier molecular flexibility index (Phi) is 8.76. The van der Waals surface area contributed by atoms with Gasteiger partial charge in [-0.1, -0.05) is 0 Å². The number of halogens is 5. The molecular formula is H5BF5N. The van der Waals surface area contributed by atoms with Crippen LogP contribution in [0.4, 0.5) is 22.0 Å². The lowest BCUT2D eigenvalue weighted by molar-refractivity contribution is 0.368. The molecule has 4 N–H and O–H groups in total. The van der Waals surface area contributed by atoms with Crippen LogP contribution in [-0.4, -0.2) is 7.25 Å². The second kappa shape index (κ2) is 3.85. The second-order valence-corrected chi connectivity index (χ2v) is 0.495. The first-order valence-electron chi connectivity index (χ1n) is 0.873. The molecule has 0 aromatic heterocycles. The Morgan fingerprint density at radius 1 is 0.857 bits per heavy atom. The van der Waals surface area contributed by atoms with E-state index < -0.39 is 7.25 Å². The molecule has 0 aliphatic rings. The van der Waals surface area contributed by atoms with E-state index in [1.807, 2.05) is 0 Å². The highest BCUT2D eigenvalue weighted by molar-refractivity contribution is 6.50. The van der Waals surface area contributed by atoms with Crippen LogP contribution < -0.4 is 6.15 Å². The van der Waals surface area contributed by atoms with E-state index in [9.17, 15) is 17.3 Å². The Bertz CT molecular complexity index is 23.6. The molecule has 0 aliphatic carbocycles. The first kappa shape index (κ1) is 15.9. The fourth-order valence-corrected chi connectivity index (χ4v) is 0. The van der Waals surface area contributed by atoms with Crippen molar-refractivity contribution in [3.05, 3.63) is 0 Å². The van der Waals surface area contributed by atoms with E-state index in [1.165, 1.54) is 0 Å². The largest absolute Gasteiger partial charge is 0.673 e. The van der Waals surface area contributed by atoms with Crippen molar-refractivity contribution >= 4 is 7.25 Å². The van der Waals surface area contributed by atoms with Gasteiger partial charge >= 0.3 is 7.25 Å². The van der Waals surface area contributed by atoms with Crippen molar-refractivity contribution in [3.63, 3.8) is 0 Å². The molecule has 0 aliphatic heterocycles. The van der Waals surface area contributed by atoms with Crippen LogP contribution >= 0.6 is 0 Å². The van der Waals surface area contributed by atoms with Gasteiger partial charge in [-0.25, -0.2) is 0 Å². The van der Waals surface area contributed by atoms with Gasteiger partial charge < -0.3 is 23.4 Å². The van der Waals surface area contributed by atoms with Crippen molar-refractivity contribution in [1.82, 2.24) is 6.15 Å². The van der Waals surface area contributed by atoms with E-state index >= 15 is 0 Å². The van der Waals surface area contributed by atoms with Gasteiger partial charge in [0.25, 0.3) is 0 Å². The first-order chi connectivity index (χ1) is 2.00. The molecule has 0 atom stereocenters. The standard InChI is InChI=1S/BF4.FH.H3N/c2-1(3,4)5;;/h;1H;1H3/q-1;;/p+1. The van der Waals surface area contributed by atoms with Gasteiger partial charge in [-0.05, 0) is 0 Å². The topological polar surface area (TPSA) is 36.5 Å². The molecule has 0 unspecified atom stereocenters. The summed E-state index contributed by atoms with van der Waals surface area (Å²) in [5, 5.41) is 0. The molecule has 0 bridgehead atoms. The van der Waals surface area contributed by atoms with E-state index in [0.29, 0.717) is 0 Å². The van der Waals surface area contributed by atoms with Crippen molar-refractivity contribution < 1.29 is 22.0 Å². The molecule has 0 fully saturated rings. The van der Waals surface area contributed by atoms with Crippen LogP contribution in [0.1, 0.15) is 0 Å². The van der Waals surface area contributed by atoms with Crippen LogP contribution in [0.3, 0.4) is 0 Å². The molecule has 0 spiro atoms. The van der Waals surface area contributed by atoms with Gasteiger partial charge in [0.2, 0.25) is 0 Å². The molecule has 0 amide bonds. The van der Waals surface area contributed by atoms with Gasteiger partial charge in [0.15, 0.2) is 0 Å². The average Bonchev–Trinajstić information content (AvgIpc) is 0.722. The monoisotopic (exact) mass is 125 g/mol. The molecule has 0 saturated carbocycles. The summed E-state index contributed by atoms with van der Waals surface area (Å²) in [7, 11) is -6.00. The third kappa shape index (κ3) is 725. The molecule has 0 rings (SSSR count). The zero-order valence-electron chi connectivity index (χ0n) is 3.50. The molecule has 7 heavy (non-hydrogen) atoms. The normalized spacial score (nSPS) is 8.57. The fourth-order valence-electron chi connectivity index (χ4n) is 0. The van der Waals surface area contributed by atoms with Crippen molar-refractivity contribution in [2.24, 2.45) is 0 Å². The summed E-state index contributed by atoms with van der Waals surface area (Å²) in [5.74, 6) is 0. The maximum absolute atomic E-state index is 9.75. The predicted octanol–water partition coefficient (Wildman–Crippen LogP) is 1.83. The molecule has 0 radical (unpaired) electrons. The van der Waals surface area contributed by atoms with E-state index in [0.717, 1.165) is 0 Å². The van der Waals surface area contributed by atoms with Crippen molar-refractivity contribution in [2.75, 3.05) is 0 Å². The van der Waals surface area contributed by atoms with Crippen LogP contribution in [0.2, 0.25) is 0 Å². The smallest absolute Gasteiger partial charge is 0.418 e. The maximum atomic E-state index is 9.75. The first-order valence-corrected chi connectivity index (χ1v) is 0.873. The molecule has 7 heteroatoms. The van der Waals surface area contributed by atoms with Gasteiger partial charge in [-0.3, -0.25) is 4.70 Å². The predicted molar refractivity (Wildman–Crippen MR) is 18.7 cm³/mol. The fraction of sp³-hybridized carbons (Fsp3) is 0. The summed E-state index contributed by atoms with van der Waals surface area (Å²) in [6, 6.07) is 0. The zero-order chi connectivity index (χ0) is 4.50. The van der Waals surface area contributed by atoms with E-state index in [-0.39, 0.29) is 10.9 Å². The minimum atomic E-state index is -6.00. The Morgan fingerprint density at radius 3 is 0.857 bits per heavy atom. The Balaban J connectivity index is -0.0000000800. The summed E-state index contributed by atoms with van der Waals surface area (Å²) in [5.41, 5.74) is 0. The van der Waals surface area contributed by atoms with Crippen LogP contribution in [-0.2, 0) is 0 Å². The summed E-state index contributed by atoms with van der Waals surface area (Å²) in [6.07, 6.45) is 0. The Hall–Kier alpha value is -0.325. The minimum Gasteiger partial charge on any atom is -0.418 e. The Labute approximate surface area is 36.8 Å². The quantitative estimate of drug-likeness (QED) is 0.378. The van der Waals surface area contributed by atoms with Crippen molar-refractivity contribution in [1.29, 1.82) is 0 Å². The highest BCUT2D eigenvalue weighted by Crippen LogP contribution is 2.06. The van der Waals surface area contributed by atoms with E-state index in [4.69, 9.17) is 0 Å². The summed E-state index contributed by atoms with van der Waals surface area (Å²) >= 11 is 0. The molecule has 0 heterocycles. The molecule has 1 nitrogen and oxygen atoms in total. The molecule has 0 saturated heterocycles. The second-order valence-electron chi connectivity index (χ2n) is 0.495. The average molecular weight is 125 g/mol. The zero-order valence-corrected chi connectivity index (χ0v) is 3.50. The van der Waals surface area contributed by atoms with Gasteiger partial charge in [-0.2, -0.15) is 0 Å². The third-order valence-corrected chi connectivity index (χ3v) is 0. The lowest BCUT2D eigenvalue weighted by Crippen LogP contribution is -2.02. The van der Waals surface area contributed by atoms with Gasteiger partial charge in [0, 0.05) is 0 Å². The molecule has 0 aromatic carbocycles. The van der Waals surface area contributed by atoms with E-state index in [1.54, 1.807) is 0 Å².